The molecule has 2 aromatic carbocycles. The van der Waals surface area contributed by atoms with Crippen LogP contribution in [0, 0.1) is 6.92 Å². The summed E-state index contributed by atoms with van der Waals surface area (Å²) >= 11 is 6.09. The SMILES string of the molecule is CCc1ccc2c(ccn2CC(=O)Nc2ccc(C)c(Cl)c2)c1. The van der Waals surface area contributed by atoms with Crippen LogP contribution in [0.3, 0.4) is 0 Å². The number of hydrogen-bond donors (Lipinski definition) is 1. The lowest BCUT2D eigenvalue weighted by molar-refractivity contribution is -0.116. The average Bonchev–Trinajstić information content (AvgIpc) is 2.93. The van der Waals surface area contributed by atoms with Crippen molar-refractivity contribution in [3.63, 3.8) is 0 Å². The van der Waals surface area contributed by atoms with Crippen molar-refractivity contribution >= 4 is 34.1 Å². The minimum atomic E-state index is -0.0676. The summed E-state index contributed by atoms with van der Waals surface area (Å²) in [5.41, 5.74) is 4.08. The molecule has 23 heavy (non-hydrogen) atoms. The van der Waals surface area contributed by atoms with E-state index in [0.29, 0.717) is 5.02 Å². The summed E-state index contributed by atoms with van der Waals surface area (Å²) in [5, 5.41) is 4.71. The van der Waals surface area contributed by atoms with E-state index in [1.165, 1.54) is 5.56 Å². The number of benzene rings is 2. The monoisotopic (exact) mass is 326 g/mol. The van der Waals surface area contributed by atoms with Gasteiger partial charge in [0.25, 0.3) is 0 Å². The molecule has 0 radical (unpaired) electrons. The van der Waals surface area contributed by atoms with Crippen molar-refractivity contribution in [3.05, 3.63) is 64.8 Å². The maximum Gasteiger partial charge on any atom is 0.244 e. The van der Waals surface area contributed by atoms with Crippen molar-refractivity contribution in [2.24, 2.45) is 0 Å². The van der Waals surface area contributed by atoms with Gasteiger partial charge in [-0.2, -0.15) is 0 Å². The first kappa shape index (κ1) is 15.6. The fourth-order valence-corrected chi connectivity index (χ4v) is 2.81. The van der Waals surface area contributed by atoms with Crippen molar-refractivity contribution in [1.29, 1.82) is 0 Å². The van der Waals surface area contributed by atoms with E-state index in [4.69, 9.17) is 11.6 Å². The first-order valence-corrected chi connectivity index (χ1v) is 8.08. The quantitative estimate of drug-likeness (QED) is 0.734. The Morgan fingerprint density at radius 3 is 2.74 bits per heavy atom. The first-order chi connectivity index (χ1) is 11.1. The molecule has 0 unspecified atom stereocenters. The number of halogens is 1. The number of amides is 1. The molecular weight excluding hydrogens is 308 g/mol. The lowest BCUT2D eigenvalue weighted by atomic mass is 10.1. The van der Waals surface area contributed by atoms with Gasteiger partial charge in [-0.15, -0.1) is 0 Å². The van der Waals surface area contributed by atoms with Crippen LogP contribution in [0.5, 0.6) is 0 Å². The van der Waals surface area contributed by atoms with Gasteiger partial charge in [-0.1, -0.05) is 30.7 Å². The van der Waals surface area contributed by atoms with E-state index in [0.717, 1.165) is 28.6 Å². The second kappa shape index (κ2) is 6.47. The van der Waals surface area contributed by atoms with Gasteiger partial charge in [-0.3, -0.25) is 4.79 Å². The second-order valence-electron chi connectivity index (χ2n) is 5.70. The van der Waals surface area contributed by atoms with Crippen LogP contribution in [-0.2, 0) is 17.8 Å². The summed E-state index contributed by atoms with van der Waals surface area (Å²) in [5.74, 6) is -0.0676. The largest absolute Gasteiger partial charge is 0.338 e. The molecular formula is C19H19ClN2O. The Kier molecular flexibility index (Phi) is 4.39. The molecule has 0 saturated heterocycles. The van der Waals surface area contributed by atoms with Crippen LogP contribution in [0.4, 0.5) is 5.69 Å². The molecule has 0 spiro atoms. The molecule has 0 atom stereocenters. The van der Waals surface area contributed by atoms with Gasteiger partial charge in [0, 0.05) is 22.4 Å². The van der Waals surface area contributed by atoms with E-state index in [2.05, 4.69) is 30.4 Å². The van der Waals surface area contributed by atoms with Crippen LogP contribution in [0.1, 0.15) is 18.1 Å². The molecule has 1 N–H and O–H groups in total. The maximum atomic E-state index is 12.3. The zero-order valence-corrected chi connectivity index (χ0v) is 14.0. The summed E-state index contributed by atoms with van der Waals surface area (Å²) in [6.45, 7) is 4.35. The first-order valence-electron chi connectivity index (χ1n) is 7.70. The third kappa shape index (κ3) is 3.40. The van der Waals surface area contributed by atoms with Gasteiger partial charge < -0.3 is 9.88 Å². The lowest BCUT2D eigenvalue weighted by Gasteiger charge is -2.09. The molecule has 0 aliphatic heterocycles. The number of hydrogen-bond acceptors (Lipinski definition) is 1. The molecule has 0 aliphatic carbocycles. The summed E-state index contributed by atoms with van der Waals surface area (Å²) in [6.07, 6.45) is 2.96. The number of carbonyl (C=O) groups excluding carboxylic acids is 1. The highest BCUT2D eigenvalue weighted by atomic mass is 35.5. The molecule has 118 valence electrons. The number of rotatable bonds is 4. The fraction of sp³-hybridized carbons (Fsp3) is 0.211. The van der Waals surface area contributed by atoms with Crippen molar-refractivity contribution in [2.75, 3.05) is 5.32 Å². The van der Waals surface area contributed by atoms with Gasteiger partial charge in [0.05, 0.1) is 0 Å². The second-order valence-corrected chi connectivity index (χ2v) is 6.11. The molecule has 1 aromatic heterocycles. The Labute approximate surface area is 140 Å². The van der Waals surface area contributed by atoms with E-state index >= 15 is 0 Å². The molecule has 1 heterocycles. The topological polar surface area (TPSA) is 34.0 Å². The van der Waals surface area contributed by atoms with Crippen LogP contribution in [-0.4, -0.2) is 10.5 Å². The number of aromatic nitrogens is 1. The summed E-state index contributed by atoms with van der Waals surface area (Å²) in [6, 6.07) is 13.9. The van der Waals surface area contributed by atoms with Crippen molar-refractivity contribution < 1.29 is 4.79 Å². The maximum absolute atomic E-state index is 12.3. The Morgan fingerprint density at radius 1 is 1.17 bits per heavy atom. The highest BCUT2D eigenvalue weighted by Gasteiger charge is 2.08. The van der Waals surface area contributed by atoms with Crippen LogP contribution in [0.2, 0.25) is 5.02 Å². The number of anilines is 1. The summed E-state index contributed by atoms with van der Waals surface area (Å²) < 4.78 is 1.96. The zero-order valence-electron chi connectivity index (χ0n) is 13.3. The number of fused-ring (bicyclic) bond motifs is 1. The van der Waals surface area contributed by atoms with Gasteiger partial charge in [-0.05, 0) is 60.2 Å². The third-order valence-electron chi connectivity index (χ3n) is 4.01. The van der Waals surface area contributed by atoms with Gasteiger partial charge in [0.1, 0.15) is 6.54 Å². The van der Waals surface area contributed by atoms with E-state index < -0.39 is 0 Å². The van der Waals surface area contributed by atoms with Crippen molar-refractivity contribution in [3.8, 4) is 0 Å². The van der Waals surface area contributed by atoms with Crippen molar-refractivity contribution in [1.82, 2.24) is 4.57 Å². The highest BCUT2D eigenvalue weighted by molar-refractivity contribution is 6.31. The summed E-state index contributed by atoms with van der Waals surface area (Å²) in [4.78, 5) is 12.3. The summed E-state index contributed by atoms with van der Waals surface area (Å²) in [7, 11) is 0. The molecule has 3 aromatic rings. The Balaban J connectivity index is 1.76. The number of nitrogens with one attached hydrogen (secondary N) is 1. The minimum absolute atomic E-state index is 0.0676. The van der Waals surface area contributed by atoms with E-state index in [9.17, 15) is 4.79 Å². The van der Waals surface area contributed by atoms with Crippen LogP contribution >= 0.6 is 11.6 Å². The Morgan fingerprint density at radius 2 is 2.00 bits per heavy atom. The smallest absolute Gasteiger partial charge is 0.244 e. The zero-order chi connectivity index (χ0) is 16.4. The molecule has 3 nitrogen and oxygen atoms in total. The molecule has 3 rings (SSSR count). The number of aryl methyl sites for hydroxylation is 2. The third-order valence-corrected chi connectivity index (χ3v) is 4.42. The predicted molar refractivity (Wildman–Crippen MR) is 96.1 cm³/mol. The van der Waals surface area contributed by atoms with Gasteiger partial charge >= 0.3 is 0 Å². The van der Waals surface area contributed by atoms with Crippen LogP contribution in [0.25, 0.3) is 10.9 Å². The lowest BCUT2D eigenvalue weighted by Crippen LogP contribution is -2.18. The van der Waals surface area contributed by atoms with E-state index in [-0.39, 0.29) is 12.5 Å². The molecule has 0 saturated carbocycles. The number of carbonyl (C=O) groups is 1. The van der Waals surface area contributed by atoms with Gasteiger partial charge in [-0.25, -0.2) is 0 Å². The van der Waals surface area contributed by atoms with Gasteiger partial charge in [0.15, 0.2) is 0 Å². The standard InChI is InChI=1S/C19H19ClN2O/c1-3-14-5-7-18-15(10-14)8-9-22(18)12-19(23)21-16-6-4-13(2)17(20)11-16/h4-11H,3,12H2,1-2H3,(H,21,23). The normalized spacial score (nSPS) is 10.9. The average molecular weight is 327 g/mol. The molecule has 0 fully saturated rings. The molecule has 0 aliphatic rings. The minimum Gasteiger partial charge on any atom is -0.338 e. The van der Waals surface area contributed by atoms with E-state index in [1.807, 2.05) is 35.9 Å². The molecule has 1 amide bonds. The molecule has 0 bridgehead atoms. The highest BCUT2D eigenvalue weighted by Crippen LogP contribution is 2.21. The van der Waals surface area contributed by atoms with Crippen molar-refractivity contribution in [2.45, 2.75) is 26.8 Å². The van der Waals surface area contributed by atoms with E-state index in [1.54, 1.807) is 6.07 Å². The van der Waals surface area contributed by atoms with Crippen LogP contribution in [0.15, 0.2) is 48.7 Å². The molecule has 4 heteroatoms. The fourth-order valence-electron chi connectivity index (χ4n) is 2.63. The van der Waals surface area contributed by atoms with Gasteiger partial charge in [0.2, 0.25) is 5.91 Å². The Bertz CT molecular complexity index is 867. The Hall–Kier alpha value is -2.26. The predicted octanol–water partition coefficient (Wildman–Crippen LogP) is 4.80. The number of nitrogens with zero attached hydrogens (tertiary/aromatic N) is 1. The van der Waals surface area contributed by atoms with Crippen LogP contribution < -0.4 is 5.32 Å².